The van der Waals surface area contributed by atoms with E-state index in [2.05, 4.69) is 21.2 Å². The average Bonchev–Trinajstić information content (AvgIpc) is 2.18. The zero-order chi connectivity index (χ0) is 13.1. The second-order valence-corrected chi connectivity index (χ2v) is 5.78. The van der Waals surface area contributed by atoms with Crippen molar-refractivity contribution < 1.29 is 9.53 Å². The fourth-order valence-electron chi connectivity index (χ4n) is 1.26. The molecule has 1 unspecified atom stereocenters. The molecule has 0 spiro atoms. The molecule has 0 bridgehead atoms. The van der Waals surface area contributed by atoms with Gasteiger partial charge in [0.25, 0.3) is 5.91 Å². The Hall–Kier alpha value is -1.03. The van der Waals surface area contributed by atoms with E-state index in [-0.39, 0.29) is 11.4 Å². The Bertz CT molecular complexity index is 399. The molecule has 94 valence electrons. The molecule has 0 aliphatic carbocycles. The molecule has 17 heavy (non-hydrogen) atoms. The molecule has 0 saturated heterocycles. The highest BCUT2D eigenvalue weighted by molar-refractivity contribution is 9.10. The summed E-state index contributed by atoms with van der Waals surface area (Å²) in [6.07, 6.45) is -0.520. The van der Waals surface area contributed by atoms with Gasteiger partial charge in [-0.1, -0.05) is 12.1 Å². The highest BCUT2D eigenvalue weighted by Crippen LogP contribution is 2.24. The maximum absolute atomic E-state index is 11.8. The summed E-state index contributed by atoms with van der Waals surface area (Å²) in [5.41, 5.74) is -0.247. The van der Waals surface area contributed by atoms with E-state index in [1.165, 1.54) is 0 Å². The third-order valence-electron chi connectivity index (χ3n) is 2.01. The monoisotopic (exact) mass is 299 g/mol. The van der Waals surface area contributed by atoms with Crippen molar-refractivity contribution in [2.75, 3.05) is 0 Å². The molecule has 0 aromatic heterocycles. The predicted octanol–water partition coefficient (Wildman–Crippen LogP) is 3.13. The van der Waals surface area contributed by atoms with Crippen LogP contribution in [0.15, 0.2) is 28.7 Å². The second-order valence-electron chi connectivity index (χ2n) is 4.93. The number of benzene rings is 1. The van der Waals surface area contributed by atoms with Crippen molar-refractivity contribution in [3.63, 3.8) is 0 Å². The number of halogens is 1. The highest BCUT2D eigenvalue weighted by Gasteiger charge is 2.20. The SMILES string of the molecule is CC(Oc1ccccc1Br)C(=O)NC(C)(C)C. The molecular weight excluding hydrogens is 282 g/mol. The Morgan fingerprint density at radius 3 is 2.47 bits per heavy atom. The lowest BCUT2D eigenvalue weighted by Gasteiger charge is -2.23. The summed E-state index contributed by atoms with van der Waals surface area (Å²) in [5.74, 6) is 0.553. The number of ether oxygens (including phenoxy) is 1. The first-order chi connectivity index (χ1) is 7.79. The van der Waals surface area contributed by atoms with Gasteiger partial charge in [-0.15, -0.1) is 0 Å². The van der Waals surface area contributed by atoms with E-state index in [1.807, 2.05) is 45.0 Å². The first-order valence-corrected chi connectivity index (χ1v) is 6.32. The van der Waals surface area contributed by atoms with Crippen LogP contribution in [0, 0.1) is 0 Å². The largest absolute Gasteiger partial charge is 0.480 e. The van der Waals surface area contributed by atoms with Crippen LogP contribution in [0.1, 0.15) is 27.7 Å². The van der Waals surface area contributed by atoms with Crippen LogP contribution in [0.2, 0.25) is 0 Å². The number of para-hydroxylation sites is 1. The van der Waals surface area contributed by atoms with Crippen molar-refractivity contribution in [3.05, 3.63) is 28.7 Å². The Labute approximate surface area is 111 Å². The lowest BCUT2D eigenvalue weighted by molar-refractivity contribution is -0.128. The molecule has 0 fully saturated rings. The van der Waals surface area contributed by atoms with Gasteiger partial charge in [-0.25, -0.2) is 0 Å². The minimum Gasteiger partial charge on any atom is -0.480 e. The zero-order valence-corrected chi connectivity index (χ0v) is 12.2. The number of amides is 1. The van der Waals surface area contributed by atoms with Crippen LogP contribution in [0.4, 0.5) is 0 Å². The molecule has 1 N–H and O–H groups in total. The first kappa shape index (κ1) is 14.0. The molecule has 1 rings (SSSR count). The maximum atomic E-state index is 11.8. The molecule has 1 aromatic carbocycles. The van der Waals surface area contributed by atoms with Crippen molar-refractivity contribution in [3.8, 4) is 5.75 Å². The van der Waals surface area contributed by atoms with E-state index < -0.39 is 6.10 Å². The summed E-state index contributed by atoms with van der Waals surface area (Å²) in [7, 11) is 0. The third kappa shape index (κ3) is 4.77. The van der Waals surface area contributed by atoms with E-state index in [0.717, 1.165) is 4.47 Å². The quantitative estimate of drug-likeness (QED) is 0.931. The first-order valence-electron chi connectivity index (χ1n) is 5.53. The predicted molar refractivity (Wildman–Crippen MR) is 72.1 cm³/mol. The summed E-state index contributed by atoms with van der Waals surface area (Å²) < 4.78 is 6.44. The fraction of sp³-hybridized carbons (Fsp3) is 0.462. The van der Waals surface area contributed by atoms with Gasteiger partial charge in [0.15, 0.2) is 6.10 Å². The molecule has 0 radical (unpaired) electrons. The summed E-state index contributed by atoms with van der Waals surface area (Å²) in [4.78, 5) is 11.8. The lowest BCUT2D eigenvalue weighted by Crippen LogP contribution is -2.46. The third-order valence-corrected chi connectivity index (χ3v) is 2.66. The van der Waals surface area contributed by atoms with Crippen molar-refractivity contribution in [2.24, 2.45) is 0 Å². The van der Waals surface area contributed by atoms with Gasteiger partial charge in [0.2, 0.25) is 0 Å². The normalized spacial score (nSPS) is 13.0. The minimum atomic E-state index is -0.520. The van der Waals surface area contributed by atoms with Gasteiger partial charge >= 0.3 is 0 Å². The molecule has 1 atom stereocenters. The Morgan fingerprint density at radius 2 is 1.94 bits per heavy atom. The van der Waals surface area contributed by atoms with Gasteiger partial charge in [-0.2, -0.15) is 0 Å². The molecule has 4 heteroatoms. The summed E-state index contributed by atoms with van der Waals surface area (Å²) in [6, 6.07) is 7.47. The fourth-order valence-corrected chi connectivity index (χ4v) is 1.63. The highest BCUT2D eigenvalue weighted by atomic mass is 79.9. The minimum absolute atomic E-state index is 0.117. The second kappa shape index (κ2) is 5.54. The van der Waals surface area contributed by atoms with Gasteiger partial charge in [-0.3, -0.25) is 4.79 Å². The number of rotatable bonds is 3. The van der Waals surface area contributed by atoms with Crippen LogP contribution in [0.25, 0.3) is 0 Å². The number of nitrogens with one attached hydrogen (secondary N) is 1. The standard InChI is InChI=1S/C13H18BrNO2/c1-9(12(16)15-13(2,3)4)17-11-8-6-5-7-10(11)14/h5-9H,1-4H3,(H,15,16). The zero-order valence-electron chi connectivity index (χ0n) is 10.6. The average molecular weight is 300 g/mol. The van der Waals surface area contributed by atoms with Gasteiger partial charge in [0.1, 0.15) is 5.75 Å². The van der Waals surface area contributed by atoms with E-state index in [4.69, 9.17) is 4.74 Å². The van der Waals surface area contributed by atoms with Gasteiger partial charge < -0.3 is 10.1 Å². The van der Waals surface area contributed by atoms with Crippen molar-refractivity contribution in [1.29, 1.82) is 0 Å². The number of hydrogen-bond donors (Lipinski definition) is 1. The van der Waals surface area contributed by atoms with Crippen LogP contribution in [0.5, 0.6) is 5.75 Å². The summed E-state index contributed by atoms with van der Waals surface area (Å²) in [6.45, 7) is 7.56. The van der Waals surface area contributed by atoms with Crippen LogP contribution in [0.3, 0.4) is 0 Å². The number of carbonyl (C=O) groups is 1. The Balaban J connectivity index is 2.64. The molecule has 1 aromatic rings. The molecule has 3 nitrogen and oxygen atoms in total. The van der Waals surface area contributed by atoms with Crippen LogP contribution in [-0.4, -0.2) is 17.6 Å². The van der Waals surface area contributed by atoms with Crippen molar-refractivity contribution >= 4 is 21.8 Å². The van der Waals surface area contributed by atoms with Crippen LogP contribution >= 0.6 is 15.9 Å². The van der Waals surface area contributed by atoms with E-state index >= 15 is 0 Å². The molecule has 0 heterocycles. The molecule has 1 amide bonds. The number of hydrogen-bond acceptors (Lipinski definition) is 2. The Kier molecular flexibility index (Phi) is 4.57. The number of carbonyl (C=O) groups excluding carboxylic acids is 1. The molecular formula is C13H18BrNO2. The molecule has 0 saturated carbocycles. The van der Waals surface area contributed by atoms with Gasteiger partial charge in [-0.05, 0) is 55.8 Å². The van der Waals surface area contributed by atoms with E-state index in [9.17, 15) is 4.79 Å². The molecule has 0 aliphatic rings. The maximum Gasteiger partial charge on any atom is 0.261 e. The topological polar surface area (TPSA) is 38.3 Å². The van der Waals surface area contributed by atoms with E-state index in [1.54, 1.807) is 6.92 Å². The van der Waals surface area contributed by atoms with E-state index in [0.29, 0.717) is 5.75 Å². The summed E-state index contributed by atoms with van der Waals surface area (Å²) in [5, 5.41) is 2.88. The Morgan fingerprint density at radius 1 is 1.35 bits per heavy atom. The molecule has 0 aliphatic heterocycles. The lowest BCUT2D eigenvalue weighted by atomic mass is 10.1. The van der Waals surface area contributed by atoms with Crippen LogP contribution in [-0.2, 0) is 4.79 Å². The van der Waals surface area contributed by atoms with Crippen molar-refractivity contribution in [2.45, 2.75) is 39.3 Å². The smallest absolute Gasteiger partial charge is 0.261 e. The van der Waals surface area contributed by atoms with Crippen molar-refractivity contribution in [1.82, 2.24) is 5.32 Å². The van der Waals surface area contributed by atoms with Gasteiger partial charge in [0, 0.05) is 5.54 Å². The van der Waals surface area contributed by atoms with Gasteiger partial charge in [0.05, 0.1) is 4.47 Å². The van der Waals surface area contributed by atoms with Crippen LogP contribution < -0.4 is 10.1 Å². The summed E-state index contributed by atoms with van der Waals surface area (Å²) >= 11 is 3.38.